The fourth-order valence-corrected chi connectivity index (χ4v) is 3.17. The first-order valence-corrected chi connectivity index (χ1v) is 9.26. The minimum atomic E-state index is -0.771. The SMILES string of the molecule is CC(Oc1ccccc1C(N)=O)C(=O)Nc1ccc(N2CCCCC2)cc1. The molecule has 27 heavy (non-hydrogen) atoms. The number of benzene rings is 2. The summed E-state index contributed by atoms with van der Waals surface area (Å²) in [5.41, 5.74) is 7.48. The highest BCUT2D eigenvalue weighted by Gasteiger charge is 2.18. The lowest BCUT2D eigenvalue weighted by atomic mass is 10.1. The lowest BCUT2D eigenvalue weighted by Gasteiger charge is -2.28. The Labute approximate surface area is 159 Å². The van der Waals surface area contributed by atoms with E-state index in [9.17, 15) is 9.59 Å². The molecular weight excluding hydrogens is 342 g/mol. The maximum absolute atomic E-state index is 12.4. The van der Waals surface area contributed by atoms with Crippen LogP contribution in [0.3, 0.4) is 0 Å². The van der Waals surface area contributed by atoms with Gasteiger partial charge < -0.3 is 20.7 Å². The van der Waals surface area contributed by atoms with Crippen molar-refractivity contribution in [2.75, 3.05) is 23.3 Å². The highest BCUT2D eigenvalue weighted by atomic mass is 16.5. The van der Waals surface area contributed by atoms with Crippen LogP contribution in [0.25, 0.3) is 0 Å². The van der Waals surface area contributed by atoms with Crippen molar-refractivity contribution in [2.45, 2.75) is 32.3 Å². The van der Waals surface area contributed by atoms with Crippen LogP contribution in [0.4, 0.5) is 11.4 Å². The van der Waals surface area contributed by atoms with Crippen LogP contribution in [0.5, 0.6) is 5.75 Å². The molecule has 1 heterocycles. The van der Waals surface area contributed by atoms with Gasteiger partial charge in [-0.15, -0.1) is 0 Å². The standard InChI is InChI=1S/C21H25N3O3/c1-15(27-19-8-4-3-7-18(19)20(22)25)21(26)23-16-9-11-17(12-10-16)24-13-5-2-6-14-24/h3-4,7-12,15H,2,5-6,13-14H2,1H3,(H2,22,25)(H,23,26). The number of amides is 2. The van der Waals surface area contributed by atoms with Gasteiger partial charge in [0, 0.05) is 24.5 Å². The van der Waals surface area contributed by atoms with E-state index >= 15 is 0 Å². The average Bonchev–Trinajstić information content (AvgIpc) is 2.69. The Morgan fingerprint density at radius 2 is 1.70 bits per heavy atom. The number of nitrogens with two attached hydrogens (primary N) is 1. The van der Waals surface area contributed by atoms with E-state index in [1.54, 1.807) is 31.2 Å². The van der Waals surface area contributed by atoms with Gasteiger partial charge in [-0.05, 0) is 62.6 Å². The van der Waals surface area contributed by atoms with Crippen molar-refractivity contribution < 1.29 is 14.3 Å². The van der Waals surface area contributed by atoms with Crippen LogP contribution in [0.2, 0.25) is 0 Å². The van der Waals surface area contributed by atoms with Crippen molar-refractivity contribution in [2.24, 2.45) is 5.73 Å². The number of piperidine rings is 1. The second kappa shape index (κ2) is 8.58. The summed E-state index contributed by atoms with van der Waals surface area (Å²) in [6.45, 7) is 3.79. The maximum Gasteiger partial charge on any atom is 0.265 e. The van der Waals surface area contributed by atoms with E-state index in [4.69, 9.17) is 10.5 Å². The number of hydrogen-bond acceptors (Lipinski definition) is 4. The molecule has 6 heteroatoms. The number of hydrogen-bond donors (Lipinski definition) is 2. The number of rotatable bonds is 6. The third-order valence-corrected chi connectivity index (χ3v) is 4.68. The van der Waals surface area contributed by atoms with E-state index in [1.165, 1.54) is 24.9 Å². The molecule has 3 rings (SSSR count). The smallest absolute Gasteiger partial charge is 0.265 e. The van der Waals surface area contributed by atoms with Crippen molar-refractivity contribution in [1.29, 1.82) is 0 Å². The fraction of sp³-hybridized carbons (Fsp3) is 0.333. The predicted molar refractivity (Wildman–Crippen MR) is 106 cm³/mol. The summed E-state index contributed by atoms with van der Waals surface area (Å²) in [5.74, 6) is -0.584. The summed E-state index contributed by atoms with van der Waals surface area (Å²) >= 11 is 0. The topological polar surface area (TPSA) is 84.7 Å². The summed E-state index contributed by atoms with van der Waals surface area (Å²) in [5, 5.41) is 2.84. The summed E-state index contributed by atoms with van der Waals surface area (Å²) in [4.78, 5) is 26.2. The normalized spacial score (nSPS) is 15.1. The third-order valence-electron chi connectivity index (χ3n) is 4.68. The predicted octanol–water partition coefficient (Wildman–Crippen LogP) is 3.18. The fourth-order valence-electron chi connectivity index (χ4n) is 3.17. The summed E-state index contributed by atoms with van der Waals surface area (Å²) in [6.07, 6.45) is 2.97. The first kappa shape index (κ1) is 18.8. The van der Waals surface area contributed by atoms with Crippen LogP contribution < -0.4 is 20.7 Å². The molecule has 2 aromatic carbocycles. The van der Waals surface area contributed by atoms with Gasteiger partial charge >= 0.3 is 0 Å². The lowest BCUT2D eigenvalue weighted by molar-refractivity contribution is -0.122. The number of nitrogens with one attached hydrogen (secondary N) is 1. The van der Waals surface area contributed by atoms with Crippen molar-refractivity contribution >= 4 is 23.2 Å². The van der Waals surface area contributed by atoms with E-state index in [-0.39, 0.29) is 11.5 Å². The number of primary amides is 1. The number of anilines is 2. The monoisotopic (exact) mass is 367 g/mol. The maximum atomic E-state index is 12.4. The highest BCUT2D eigenvalue weighted by Crippen LogP contribution is 2.23. The molecule has 2 aromatic rings. The quantitative estimate of drug-likeness (QED) is 0.821. The van der Waals surface area contributed by atoms with Gasteiger partial charge in [-0.3, -0.25) is 9.59 Å². The van der Waals surface area contributed by atoms with Crippen LogP contribution in [0.1, 0.15) is 36.5 Å². The summed E-state index contributed by atoms with van der Waals surface area (Å²) in [7, 11) is 0. The minimum absolute atomic E-state index is 0.253. The van der Waals surface area contributed by atoms with Crippen molar-refractivity contribution in [3.8, 4) is 5.75 Å². The molecule has 0 aliphatic carbocycles. The van der Waals surface area contributed by atoms with E-state index in [2.05, 4.69) is 10.2 Å². The molecule has 3 N–H and O–H groups in total. The molecule has 1 saturated heterocycles. The number of para-hydroxylation sites is 1. The zero-order valence-electron chi connectivity index (χ0n) is 15.5. The first-order valence-electron chi connectivity index (χ1n) is 9.26. The van der Waals surface area contributed by atoms with Gasteiger partial charge in [0.25, 0.3) is 11.8 Å². The Hall–Kier alpha value is -3.02. The van der Waals surface area contributed by atoms with Gasteiger partial charge in [0.15, 0.2) is 6.10 Å². The number of carbonyl (C=O) groups is 2. The summed E-state index contributed by atoms with van der Waals surface area (Å²) < 4.78 is 5.64. The second-order valence-corrected chi connectivity index (χ2v) is 6.70. The Morgan fingerprint density at radius 1 is 1.04 bits per heavy atom. The van der Waals surface area contributed by atoms with Gasteiger partial charge in [-0.25, -0.2) is 0 Å². The molecule has 6 nitrogen and oxygen atoms in total. The molecule has 142 valence electrons. The van der Waals surface area contributed by atoms with Crippen molar-refractivity contribution in [1.82, 2.24) is 0 Å². The number of ether oxygens (including phenoxy) is 1. The van der Waals surface area contributed by atoms with E-state index in [0.29, 0.717) is 11.4 Å². The third kappa shape index (κ3) is 4.78. The molecule has 0 bridgehead atoms. The Morgan fingerprint density at radius 3 is 2.37 bits per heavy atom. The van der Waals surface area contributed by atoms with E-state index in [0.717, 1.165) is 13.1 Å². The Bertz CT molecular complexity index is 799. The highest BCUT2D eigenvalue weighted by molar-refractivity contribution is 5.97. The zero-order chi connectivity index (χ0) is 19.2. The molecule has 0 aromatic heterocycles. The first-order chi connectivity index (χ1) is 13.0. The number of nitrogens with zero attached hydrogens (tertiary/aromatic N) is 1. The minimum Gasteiger partial charge on any atom is -0.480 e. The zero-order valence-corrected chi connectivity index (χ0v) is 15.5. The average molecular weight is 367 g/mol. The Kier molecular flexibility index (Phi) is 5.96. The van der Waals surface area contributed by atoms with Gasteiger partial charge in [-0.2, -0.15) is 0 Å². The van der Waals surface area contributed by atoms with Crippen LogP contribution in [-0.2, 0) is 4.79 Å². The van der Waals surface area contributed by atoms with Gasteiger partial charge in [0.1, 0.15) is 5.75 Å². The molecule has 1 aliphatic heterocycles. The van der Waals surface area contributed by atoms with Crippen LogP contribution in [0, 0.1) is 0 Å². The van der Waals surface area contributed by atoms with Crippen molar-refractivity contribution in [3.05, 3.63) is 54.1 Å². The molecule has 0 radical (unpaired) electrons. The van der Waals surface area contributed by atoms with E-state index in [1.807, 2.05) is 24.3 Å². The number of carbonyl (C=O) groups excluding carboxylic acids is 2. The molecule has 1 aliphatic rings. The molecule has 0 saturated carbocycles. The molecule has 1 atom stereocenters. The van der Waals surface area contributed by atoms with Gasteiger partial charge in [0.2, 0.25) is 0 Å². The lowest BCUT2D eigenvalue weighted by Crippen LogP contribution is -2.31. The molecule has 1 fully saturated rings. The summed E-state index contributed by atoms with van der Waals surface area (Å²) in [6, 6.07) is 14.5. The van der Waals surface area contributed by atoms with Gasteiger partial charge in [0.05, 0.1) is 5.56 Å². The van der Waals surface area contributed by atoms with Gasteiger partial charge in [-0.1, -0.05) is 12.1 Å². The molecule has 2 amide bonds. The molecule has 0 spiro atoms. The molecular formula is C21H25N3O3. The van der Waals surface area contributed by atoms with Crippen LogP contribution in [0.15, 0.2) is 48.5 Å². The van der Waals surface area contributed by atoms with Crippen molar-refractivity contribution in [3.63, 3.8) is 0 Å². The second-order valence-electron chi connectivity index (χ2n) is 6.70. The Balaban J connectivity index is 1.60. The molecule has 1 unspecified atom stereocenters. The van der Waals surface area contributed by atoms with Crippen LogP contribution >= 0.6 is 0 Å². The largest absolute Gasteiger partial charge is 0.480 e. The van der Waals surface area contributed by atoms with E-state index < -0.39 is 12.0 Å². The van der Waals surface area contributed by atoms with Crippen LogP contribution in [-0.4, -0.2) is 31.0 Å².